The third kappa shape index (κ3) is 2.22. The van der Waals surface area contributed by atoms with Crippen molar-refractivity contribution in [2.45, 2.75) is 18.6 Å². The van der Waals surface area contributed by atoms with E-state index in [1.54, 1.807) is 6.07 Å². The largest absolute Gasteiger partial charge is 0.374 e. The van der Waals surface area contributed by atoms with Crippen molar-refractivity contribution in [2.75, 3.05) is 31.1 Å². The summed E-state index contributed by atoms with van der Waals surface area (Å²) in [4.78, 5) is 2.27. The van der Waals surface area contributed by atoms with Crippen LogP contribution in [0.1, 0.15) is 6.42 Å². The molecule has 2 fully saturated rings. The number of hydrogen-bond acceptors (Lipinski definition) is 5. The third-order valence-corrected chi connectivity index (χ3v) is 3.57. The summed E-state index contributed by atoms with van der Waals surface area (Å²) >= 11 is 5.76. The maximum absolute atomic E-state index is 5.80. The van der Waals surface area contributed by atoms with Gasteiger partial charge >= 0.3 is 0 Å². The van der Waals surface area contributed by atoms with Crippen LogP contribution in [0.15, 0.2) is 12.1 Å². The van der Waals surface area contributed by atoms with E-state index in [4.69, 9.17) is 16.3 Å². The van der Waals surface area contributed by atoms with E-state index in [1.807, 2.05) is 6.07 Å². The topological polar surface area (TPSA) is 50.3 Å². The quantitative estimate of drug-likeness (QED) is 0.800. The van der Waals surface area contributed by atoms with Gasteiger partial charge in [0.2, 0.25) is 0 Å². The zero-order valence-corrected chi connectivity index (χ0v) is 10.2. The first kappa shape index (κ1) is 11.2. The molecule has 0 radical (unpaired) electrons. The predicted molar refractivity (Wildman–Crippen MR) is 65.4 cm³/mol. The average molecular weight is 255 g/mol. The Kier molecular flexibility index (Phi) is 3.13. The number of nitrogens with zero attached hydrogens (tertiary/aromatic N) is 3. The van der Waals surface area contributed by atoms with E-state index in [0.717, 1.165) is 38.5 Å². The monoisotopic (exact) mass is 254 g/mol. The molecule has 0 saturated carbocycles. The van der Waals surface area contributed by atoms with E-state index in [0.29, 0.717) is 17.3 Å². The molecule has 2 saturated heterocycles. The molecule has 1 aromatic rings. The zero-order valence-electron chi connectivity index (χ0n) is 9.47. The molecule has 0 spiro atoms. The molecular weight excluding hydrogens is 240 g/mol. The summed E-state index contributed by atoms with van der Waals surface area (Å²) in [6, 6.07) is 4.06. The van der Waals surface area contributed by atoms with Crippen LogP contribution in [-0.4, -0.2) is 48.6 Å². The Hall–Kier alpha value is -0.910. The summed E-state index contributed by atoms with van der Waals surface area (Å²) in [5.41, 5.74) is 0. The lowest BCUT2D eigenvalue weighted by molar-refractivity contribution is -0.00377. The summed E-state index contributed by atoms with van der Waals surface area (Å²) in [6.07, 6.45) is 1.37. The van der Waals surface area contributed by atoms with Crippen LogP contribution in [0.25, 0.3) is 0 Å². The fourth-order valence-electron chi connectivity index (χ4n) is 2.54. The first-order valence-electron chi connectivity index (χ1n) is 5.93. The van der Waals surface area contributed by atoms with Crippen LogP contribution in [0.5, 0.6) is 0 Å². The number of halogens is 1. The Morgan fingerprint density at radius 1 is 1.41 bits per heavy atom. The van der Waals surface area contributed by atoms with Crippen LogP contribution >= 0.6 is 11.6 Å². The predicted octanol–water partition coefficient (Wildman–Crippen LogP) is 0.697. The van der Waals surface area contributed by atoms with Gasteiger partial charge in [-0.2, -0.15) is 0 Å². The van der Waals surface area contributed by atoms with Crippen molar-refractivity contribution in [1.29, 1.82) is 0 Å². The van der Waals surface area contributed by atoms with Gasteiger partial charge < -0.3 is 15.0 Å². The molecule has 0 aliphatic carbocycles. The van der Waals surface area contributed by atoms with Gasteiger partial charge in [0, 0.05) is 13.1 Å². The van der Waals surface area contributed by atoms with Crippen LogP contribution < -0.4 is 10.2 Å². The van der Waals surface area contributed by atoms with E-state index < -0.39 is 0 Å². The van der Waals surface area contributed by atoms with E-state index in [9.17, 15) is 0 Å². The molecule has 3 heterocycles. The van der Waals surface area contributed by atoms with E-state index in [-0.39, 0.29) is 0 Å². The molecule has 2 aliphatic heterocycles. The number of ether oxygens (including phenoxy) is 1. The van der Waals surface area contributed by atoms with E-state index >= 15 is 0 Å². The molecule has 92 valence electrons. The molecule has 0 aromatic carbocycles. The first-order valence-corrected chi connectivity index (χ1v) is 6.30. The summed E-state index contributed by atoms with van der Waals surface area (Å²) in [5.74, 6) is 0.886. The molecule has 3 rings (SSSR count). The molecule has 6 heteroatoms. The highest BCUT2D eigenvalue weighted by molar-refractivity contribution is 6.29. The highest BCUT2D eigenvalue weighted by Gasteiger charge is 2.34. The van der Waals surface area contributed by atoms with Crippen molar-refractivity contribution in [2.24, 2.45) is 0 Å². The lowest BCUT2D eigenvalue weighted by Gasteiger charge is -2.44. The minimum absolute atomic E-state index is 0.308. The van der Waals surface area contributed by atoms with Gasteiger partial charge in [-0.3, -0.25) is 0 Å². The second-order valence-electron chi connectivity index (χ2n) is 4.38. The van der Waals surface area contributed by atoms with Crippen molar-refractivity contribution >= 4 is 17.4 Å². The van der Waals surface area contributed by atoms with Gasteiger partial charge in [-0.25, -0.2) is 0 Å². The van der Waals surface area contributed by atoms with Crippen molar-refractivity contribution in [3.8, 4) is 0 Å². The van der Waals surface area contributed by atoms with Gasteiger partial charge in [0.15, 0.2) is 11.0 Å². The Labute approximate surface area is 105 Å². The Morgan fingerprint density at radius 3 is 3.18 bits per heavy atom. The number of rotatable bonds is 1. The molecule has 0 amide bonds. The van der Waals surface area contributed by atoms with Crippen LogP contribution in [0.3, 0.4) is 0 Å². The number of fused-ring (bicyclic) bond motifs is 1. The highest BCUT2D eigenvalue weighted by Crippen LogP contribution is 2.24. The SMILES string of the molecule is Clc1ccc(N2CCO[C@@H]3CCNC[C@H]32)nn1. The maximum atomic E-state index is 5.80. The number of hydrogen-bond donors (Lipinski definition) is 1. The van der Waals surface area contributed by atoms with Crippen molar-refractivity contribution in [3.63, 3.8) is 0 Å². The lowest BCUT2D eigenvalue weighted by Crippen LogP contribution is -2.59. The minimum atomic E-state index is 0.308. The fourth-order valence-corrected chi connectivity index (χ4v) is 2.64. The summed E-state index contributed by atoms with van der Waals surface area (Å²) in [6.45, 7) is 3.58. The average Bonchev–Trinajstić information content (AvgIpc) is 2.39. The normalized spacial score (nSPS) is 28.9. The van der Waals surface area contributed by atoms with Gasteiger partial charge in [0.25, 0.3) is 0 Å². The van der Waals surface area contributed by atoms with Gasteiger partial charge in [-0.1, -0.05) is 11.6 Å². The Balaban J connectivity index is 1.83. The number of nitrogens with one attached hydrogen (secondary N) is 1. The number of morpholine rings is 1. The third-order valence-electron chi connectivity index (χ3n) is 3.36. The van der Waals surface area contributed by atoms with Crippen LogP contribution in [0.2, 0.25) is 5.15 Å². The second-order valence-corrected chi connectivity index (χ2v) is 4.76. The van der Waals surface area contributed by atoms with Gasteiger partial charge in [0.05, 0.1) is 18.8 Å². The number of piperidine rings is 1. The molecule has 0 bridgehead atoms. The number of aromatic nitrogens is 2. The number of anilines is 1. The van der Waals surface area contributed by atoms with Gasteiger partial charge in [-0.05, 0) is 25.1 Å². The van der Waals surface area contributed by atoms with Crippen molar-refractivity contribution in [1.82, 2.24) is 15.5 Å². The Morgan fingerprint density at radius 2 is 2.35 bits per heavy atom. The summed E-state index contributed by atoms with van der Waals surface area (Å²) < 4.78 is 5.80. The highest BCUT2D eigenvalue weighted by atomic mass is 35.5. The van der Waals surface area contributed by atoms with E-state index in [2.05, 4.69) is 20.4 Å². The zero-order chi connectivity index (χ0) is 11.7. The molecule has 17 heavy (non-hydrogen) atoms. The van der Waals surface area contributed by atoms with Crippen LogP contribution in [-0.2, 0) is 4.74 Å². The molecular formula is C11H15ClN4O. The fraction of sp³-hybridized carbons (Fsp3) is 0.636. The standard InChI is InChI=1S/C11H15ClN4O/c12-10-1-2-11(15-14-10)16-5-6-17-9-3-4-13-7-8(9)16/h1-2,8-9,13H,3-7H2/t8-,9-/m1/s1. The summed E-state index contributed by atoms with van der Waals surface area (Å²) in [5, 5.41) is 11.9. The molecule has 5 nitrogen and oxygen atoms in total. The van der Waals surface area contributed by atoms with Crippen LogP contribution in [0, 0.1) is 0 Å². The minimum Gasteiger partial charge on any atom is -0.374 e. The lowest BCUT2D eigenvalue weighted by atomic mass is 10.0. The molecule has 2 atom stereocenters. The van der Waals surface area contributed by atoms with Crippen molar-refractivity contribution < 1.29 is 4.74 Å². The summed E-state index contributed by atoms with van der Waals surface area (Å²) in [7, 11) is 0. The molecule has 1 aromatic heterocycles. The smallest absolute Gasteiger partial charge is 0.151 e. The molecule has 2 aliphatic rings. The maximum Gasteiger partial charge on any atom is 0.151 e. The van der Waals surface area contributed by atoms with Crippen LogP contribution in [0.4, 0.5) is 5.82 Å². The second kappa shape index (κ2) is 4.76. The van der Waals surface area contributed by atoms with E-state index in [1.165, 1.54) is 0 Å². The van der Waals surface area contributed by atoms with Crippen molar-refractivity contribution in [3.05, 3.63) is 17.3 Å². The first-order chi connectivity index (χ1) is 8.34. The van der Waals surface area contributed by atoms with Gasteiger partial charge in [0.1, 0.15) is 0 Å². The Bertz CT molecular complexity index is 384. The molecule has 1 N–H and O–H groups in total. The molecule has 0 unspecified atom stereocenters. The van der Waals surface area contributed by atoms with Gasteiger partial charge in [-0.15, -0.1) is 10.2 Å².